The minimum Gasteiger partial charge on any atom is -0.483 e. The lowest BCUT2D eigenvalue weighted by atomic mass is 9.96. The number of piperazine rings is 1. The maximum Gasteiger partial charge on any atom is 0.241 e. The van der Waals surface area contributed by atoms with Gasteiger partial charge in [-0.15, -0.1) is 6.58 Å². The molecule has 3 rings (SSSR count). The van der Waals surface area contributed by atoms with Crippen molar-refractivity contribution in [2.75, 3.05) is 26.2 Å². The van der Waals surface area contributed by atoms with Crippen LogP contribution in [0.2, 0.25) is 0 Å². The van der Waals surface area contributed by atoms with E-state index in [9.17, 15) is 10.1 Å². The Morgan fingerprint density at radius 2 is 2.21 bits per heavy atom. The zero-order valence-electron chi connectivity index (χ0n) is 14.1. The molecule has 24 heavy (non-hydrogen) atoms. The van der Waals surface area contributed by atoms with E-state index in [1.807, 2.05) is 30.9 Å². The first-order chi connectivity index (χ1) is 11.4. The van der Waals surface area contributed by atoms with Crippen molar-refractivity contribution in [2.45, 2.75) is 19.4 Å². The highest BCUT2D eigenvalue weighted by molar-refractivity contribution is 5.90. The topological polar surface area (TPSA) is 56.6 Å². The average Bonchev–Trinajstić information content (AvgIpc) is 2.53. The van der Waals surface area contributed by atoms with Crippen LogP contribution < -0.4 is 4.74 Å². The second-order valence-electron chi connectivity index (χ2n) is 6.63. The molecule has 1 aromatic rings. The van der Waals surface area contributed by atoms with Crippen LogP contribution in [0.3, 0.4) is 0 Å². The van der Waals surface area contributed by atoms with Crippen molar-refractivity contribution in [1.82, 2.24) is 9.80 Å². The highest BCUT2D eigenvalue weighted by Gasteiger charge is 2.33. The highest BCUT2D eigenvalue weighted by atomic mass is 16.5. The van der Waals surface area contributed by atoms with Gasteiger partial charge in [0, 0.05) is 25.2 Å². The fourth-order valence-corrected chi connectivity index (χ4v) is 3.15. The third-order valence-electron chi connectivity index (χ3n) is 4.22. The summed E-state index contributed by atoms with van der Waals surface area (Å²) in [6, 6.07) is 7.49. The van der Waals surface area contributed by atoms with E-state index in [4.69, 9.17) is 4.74 Å². The summed E-state index contributed by atoms with van der Waals surface area (Å²) >= 11 is 0. The first-order valence-corrected chi connectivity index (χ1v) is 8.03. The van der Waals surface area contributed by atoms with Gasteiger partial charge in [-0.05, 0) is 38.1 Å². The fraction of sp³-hybridized carbons (Fsp3) is 0.368. The van der Waals surface area contributed by atoms with Crippen LogP contribution in [0.5, 0.6) is 5.75 Å². The van der Waals surface area contributed by atoms with Crippen LogP contribution in [0.25, 0.3) is 5.70 Å². The number of hydrogen-bond donors (Lipinski definition) is 0. The maximum absolute atomic E-state index is 12.7. The predicted molar refractivity (Wildman–Crippen MR) is 92.2 cm³/mol. The first kappa shape index (κ1) is 16.3. The van der Waals surface area contributed by atoms with E-state index in [-0.39, 0.29) is 5.91 Å². The molecular formula is C19H21N3O2. The fourth-order valence-electron chi connectivity index (χ4n) is 3.15. The summed E-state index contributed by atoms with van der Waals surface area (Å²) in [6.07, 6.45) is 3.78. The molecule has 0 atom stereocenters. The summed E-state index contributed by atoms with van der Waals surface area (Å²) in [7, 11) is 0. The molecule has 1 amide bonds. The zero-order chi connectivity index (χ0) is 17.3. The van der Waals surface area contributed by atoms with Gasteiger partial charge in [0.2, 0.25) is 5.91 Å². The zero-order valence-corrected chi connectivity index (χ0v) is 14.1. The number of hydrogen-bond acceptors (Lipinski definition) is 4. The van der Waals surface area contributed by atoms with Gasteiger partial charge in [-0.25, -0.2) is 0 Å². The number of carbonyl (C=O) groups is 1. The van der Waals surface area contributed by atoms with E-state index >= 15 is 0 Å². The summed E-state index contributed by atoms with van der Waals surface area (Å²) in [5.74, 6) is 0.762. The largest absolute Gasteiger partial charge is 0.483 e. The summed E-state index contributed by atoms with van der Waals surface area (Å²) in [5, 5.41) is 9.18. The molecule has 0 unspecified atom stereocenters. The molecule has 0 radical (unpaired) electrons. The number of carbonyl (C=O) groups excluding carboxylic acids is 1. The van der Waals surface area contributed by atoms with Crippen molar-refractivity contribution in [1.29, 1.82) is 5.26 Å². The van der Waals surface area contributed by atoms with Crippen molar-refractivity contribution in [3.8, 4) is 11.8 Å². The quantitative estimate of drug-likeness (QED) is 0.802. The lowest BCUT2D eigenvalue weighted by Gasteiger charge is -2.39. The van der Waals surface area contributed by atoms with Crippen molar-refractivity contribution in [3.63, 3.8) is 0 Å². The molecule has 0 bridgehead atoms. The average molecular weight is 323 g/mol. The van der Waals surface area contributed by atoms with Gasteiger partial charge in [-0.3, -0.25) is 9.69 Å². The molecule has 2 heterocycles. The lowest BCUT2D eigenvalue weighted by molar-refractivity contribution is -0.132. The Morgan fingerprint density at radius 3 is 2.88 bits per heavy atom. The summed E-state index contributed by atoms with van der Waals surface area (Å²) in [5.41, 5.74) is 1.69. The van der Waals surface area contributed by atoms with Crippen LogP contribution in [0, 0.1) is 11.3 Å². The predicted octanol–water partition coefficient (Wildman–Crippen LogP) is 2.40. The van der Waals surface area contributed by atoms with E-state index < -0.39 is 5.60 Å². The second-order valence-corrected chi connectivity index (χ2v) is 6.63. The molecule has 124 valence electrons. The van der Waals surface area contributed by atoms with Gasteiger partial charge in [0.25, 0.3) is 0 Å². The van der Waals surface area contributed by atoms with Crippen LogP contribution in [-0.4, -0.2) is 47.5 Å². The molecule has 2 aliphatic heterocycles. The first-order valence-electron chi connectivity index (χ1n) is 8.03. The summed E-state index contributed by atoms with van der Waals surface area (Å²) in [6.45, 7) is 10.2. The molecular weight excluding hydrogens is 302 g/mol. The number of ether oxygens (including phenoxy) is 1. The molecule has 0 spiro atoms. The Hall–Kier alpha value is -2.58. The molecule has 1 saturated heterocycles. The third-order valence-corrected chi connectivity index (χ3v) is 4.22. The van der Waals surface area contributed by atoms with Crippen molar-refractivity contribution < 1.29 is 9.53 Å². The second kappa shape index (κ2) is 6.14. The SMILES string of the molecule is C=CCN1CCN(C2=CC(C)(C)Oc3ccc(C#N)cc32)C(=O)C1. The van der Waals surface area contributed by atoms with Crippen LogP contribution in [0.4, 0.5) is 0 Å². The van der Waals surface area contributed by atoms with Gasteiger partial charge >= 0.3 is 0 Å². The third kappa shape index (κ3) is 3.06. The number of amides is 1. The molecule has 1 aromatic carbocycles. The summed E-state index contributed by atoms with van der Waals surface area (Å²) < 4.78 is 5.99. The van der Waals surface area contributed by atoms with E-state index in [2.05, 4.69) is 17.5 Å². The number of benzene rings is 1. The van der Waals surface area contributed by atoms with E-state index in [1.165, 1.54) is 0 Å². The monoisotopic (exact) mass is 323 g/mol. The van der Waals surface area contributed by atoms with Gasteiger partial charge in [0.15, 0.2) is 0 Å². The van der Waals surface area contributed by atoms with Gasteiger partial charge in [0.05, 0.1) is 23.9 Å². The Balaban J connectivity index is 1.97. The number of rotatable bonds is 3. The van der Waals surface area contributed by atoms with Crippen LogP contribution >= 0.6 is 0 Å². The van der Waals surface area contributed by atoms with Crippen molar-refractivity contribution in [2.24, 2.45) is 0 Å². The Labute approximate surface area is 142 Å². The lowest BCUT2D eigenvalue weighted by Crippen LogP contribution is -2.50. The smallest absolute Gasteiger partial charge is 0.241 e. The Morgan fingerprint density at radius 1 is 1.42 bits per heavy atom. The summed E-state index contributed by atoms with van der Waals surface area (Å²) in [4.78, 5) is 16.5. The van der Waals surface area contributed by atoms with Gasteiger partial charge in [-0.2, -0.15) is 5.26 Å². The normalized spacial score (nSPS) is 19.8. The maximum atomic E-state index is 12.7. The van der Waals surface area contributed by atoms with Crippen LogP contribution in [0.1, 0.15) is 25.0 Å². The molecule has 5 nitrogen and oxygen atoms in total. The van der Waals surface area contributed by atoms with Crippen molar-refractivity contribution >= 4 is 11.6 Å². The minimum atomic E-state index is -0.505. The number of fused-ring (bicyclic) bond motifs is 1. The van der Waals surface area contributed by atoms with Crippen LogP contribution in [-0.2, 0) is 4.79 Å². The molecule has 2 aliphatic rings. The standard InChI is InChI=1S/C19H21N3O2/c1-4-7-21-8-9-22(18(23)13-21)16-11-19(2,3)24-17-6-5-14(12-20)10-15(16)17/h4-6,10-11H,1,7-9,13H2,2-3H3. The van der Waals surface area contributed by atoms with Crippen LogP contribution in [0.15, 0.2) is 36.9 Å². The molecule has 0 saturated carbocycles. The Bertz CT molecular complexity index is 758. The highest BCUT2D eigenvalue weighted by Crippen LogP contribution is 2.38. The molecule has 1 fully saturated rings. The van der Waals surface area contributed by atoms with E-state index in [1.54, 1.807) is 18.2 Å². The minimum absolute atomic E-state index is 0.0559. The van der Waals surface area contributed by atoms with E-state index in [0.29, 0.717) is 30.9 Å². The number of nitriles is 1. The number of nitrogens with zero attached hydrogens (tertiary/aromatic N) is 3. The van der Waals surface area contributed by atoms with Gasteiger partial charge in [0.1, 0.15) is 11.4 Å². The Kier molecular flexibility index (Phi) is 4.16. The molecule has 5 heteroatoms. The van der Waals surface area contributed by atoms with Gasteiger partial charge in [-0.1, -0.05) is 6.08 Å². The van der Waals surface area contributed by atoms with Crippen molar-refractivity contribution in [3.05, 3.63) is 48.1 Å². The molecule has 0 aromatic heterocycles. The molecule has 0 N–H and O–H groups in total. The molecule has 0 aliphatic carbocycles. The van der Waals surface area contributed by atoms with E-state index in [0.717, 1.165) is 17.8 Å². The van der Waals surface area contributed by atoms with Gasteiger partial charge < -0.3 is 9.64 Å².